The Bertz CT molecular complexity index is 247. The summed E-state index contributed by atoms with van der Waals surface area (Å²) in [5.74, 6) is -0.232. The number of aromatic nitrogens is 1. The van der Waals surface area contributed by atoms with Gasteiger partial charge in [-0.05, 0) is 17.7 Å². The maximum Gasteiger partial charge on any atom is 0.302 e. The summed E-state index contributed by atoms with van der Waals surface area (Å²) in [6.07, 6.45) is 4.20. The van der Waals surface area contributed by atoms with Crippen molar-refractivity contribution in [3.63, 3.8) is 0 Å². The van der Waals surface area contributed by atoms with Crippen LogP contribution in [-0.4, -0.2) is 17.6 Å². The van der Waals surface area contributed by atoms with Gasteiger partial charge in [-0.3, -0.25) is 9.78 Å². The van der Waals surface area contributed by atoms with Gasteiger partial charge in [0, 0.05) is 25.7 Å². The van der Waals surface area contributed by atoms with Crippen LogP contribution in [0.25, 0.3) is 0 Å². The molecule has 0 aliphatic rings. The maximum absolute atomic E-state index is 10.4. The van der Waals surface area contributed by atoms with Crippen LogP contribution in [0.15, 0.2) is 24.5 Å². The molecule has 0 aromatic carbocycles. The van der Waals surface area contributed by atoms with E-state index in [1.807, 2.05) is 26.0 Å². The first kappa shape index (κ1) is 12.6. The molecular weight excluding hydrogens is 178 g/mol. The van der Waals surface area contributed by atoms with Crippen LogP contribution in [0.5, 0.6) is 0 Å². The lowest BCUT2D eigenvalue weighted by atomic mass is 10.2. The minimum atomic E-state index is -0.232. The largest absolute Gasteiger partial charge is 0.466 e. The molecular formula is C11H17NO2. The average Bonchev–Trinajstić information content (AvgIpc) is 2.22. The van der Waals surface area contributed by atoms with Crippen LogP contribution in [0.2, 0.25) is 0 Å². The molecule has 1 aromatic heterocycles. The highest BCUT2D eigenvalue weighted by atomic mass is 16.5. The van der Waals surface area contributed by atoms with Crippen LogP contribution >= 0.6 is 0 Å². The average molecular weight is 195 g/mol. The molecule has 3 heteroatoms. The molecule has 0 saturated heterocycles. The number of hydrogen-bond acceptors (Lipinski definition) is 3. The standard InChI is InChI=1S/C9H11NO2.C2H6/c1-8(11)12-7-4-9-2-5-10-6-3-9;1-2/h2-3,5-6H,4,7H2,1H3;1-2H3. The van der Waals surface area contributed by atoms with Crippen molar-refractivity contribution in [3.05, 3.63) is 30.1 Å². The van der Waals surface area contributed by atoms with Crippen molar-refractivity contribution in [2.24, 2.45) is 0 Å². The van der Waals surface area contributed by atoms with Crippen LogP contribution in [0.3, 0.4) is 0 Å². The Balaban J connectivity index is 0.000000791. The van der Waals surface area contributed by atoms with Crippen molar-refractivity contribution < 1.29 is 9.53 Å². The summed E-state index contributed by atoms with van der Waals surface area (Å²) >= 11 is 0. The molecule has 0 unspecified atom stereocenters. The van der Waals surface area contributed by atoms with E-state index in [-0.39, 0.29) is 5.97 Å². The molecule has 0 spiro atoms. The molecule has 0 aliphatic carbocycles. The van der Waals surface area contributed by atoms with Gasteiger partial charge in [0.2, 0.25) is 0 Å². The van der Waals surface area contributed by atoms with Gasteiger partial charge in [0.25, 0.3) is 0 Å². The fourth-order valence-corrected chi connectivity index (χ4v) is 0.862. The molecule has 1 aromatic rings. The number of pyridine rings is 1. The summed E-state index contributed by atoms with van der Waals surface area (Å²) < 4.78 is 4.79. The fraction of sp³-hybridized carbons (Fsp3) is 0.455. The van der Waals surface area contributed by atoms with Gasteiger partial charge in [-0.2, -0.15) is 0 Å². The van der Waals surface area contributed by atoms with E-state index >= 15 is 0 Å². The first-order valence-corrected chi connectivity index (χ1v) is 4.81. The predicted molar refractivity (Wildman–Crippen MR) is 55.9 cm³/mol. The summed E-state index contributed by atoms with van der Waals surface area (Å²) in [4.78, 5) is 14.3. The number of ether oxygens (including phenoxy) is 1. The van der Waals surface area contributed by atoms with Crippen LogP contribution in [-0.2, 0) is 16.0 Å². The zero-order chi connectivity index (χ0) is 10.8. The van der Waals surface area contributed by atoms with Crippen LogP contribution in [0, 0.1) is 0 Å². The number of carbonyl (C=O) groups excluding carboxylic acids is 1. The number of nitrogens with zero attached hydrogens (tertiary/aromatic N) is 1. The van der Waals surface area contributed by atoms with E-state index in [2.05, 4.69) is 4.98 Å². The molecule has 0 N–H and O–H groups in total. The summed E-state index contributed by atoms with van der Waals surface area (Å²) in [6.45, 7) is 5.85. The first-order chi connectivity index (χ1) is 6.79. The topological polar surface area (TPSA) is 39.2 Å². The van der Waals surface area contributed by atoms with Gasteiger partial charge in [0.1, 0.15) is 0 Å². The third kappa shape index (κ3) is 6.17. The van der Waals surface area contributed by atoms with Crippen molar-refractivity contribution in [3.8, 4) is 0 Å². The zero-order valence-electron chi connectivity index (χ0n) is 8.99. The molecule has 1 heterocycles. The zero-order valence-corrected chi connectivity index (χ0v) is 8.99. The minimum absolute atomic E-state index is 0.232. The Morgan fingerprint density at radius 3 is 2.43 bits per heavy atom. The van der Waals surface area contributed by atoms with E-state index in [0.29, 0.717) is 6.61 Å². The highest BCUT2D eigenvalue weighted by Crippen LogP contribution is 1.97. The Morgan fingerprint density at radius 1 is 1.36 bits per heavy atom. The Labute approximate surface area is 85.1 Å². The molecule has 78 valence electrons. The molecule has 0 amide bonds. The van der Waals surface area contributed by atoms with E-state index in [4.69, 9.17) is 4.74 Å². The molecule has 3 nitrogen and oxygen atoms in total. The highest BCUT2D eigenvalue weighted by Gasteiger charge is 1.94. The third-order valence-corrected chi connectivity index (χ3v) is 1.45. The predicted octanol–water partition coefficient (Wildman–Crippen LogP) is 2.21. The summed E-state index contributed by atoms with van der Waals surface area (Å²) in [5, 5.41) is 0. The number of carbonyl (C=O) groups is 1. The van der Waals surface area contributed by atoms with Gasteiger partial charge in [0.15, 0.2) is 0 Å². The molecule has 14 heavy (non-hydrogen) atoms. The van der Waals surface area contributed by atoms with Crippen LogP contribution in [0.4, 0.5) is 0 Å². The lowest BCUT2D eigenvalue weighted by Crippen LogP contribution is -2.03. The first-order valence-electron chi connectivity index (χ1n) is 4.81. The van der Waals surface area contributed by atoms with Gasteiger partial charge < -0.3 is 4.74 Å². The molecule has 0 bridgehead atoms. The second-order valence-corrected chi connectivity index (χ2v) is 2.45. The van der Waals surface area contributed by atoms with Crippen LogP contribution < -0.4 is 0 Å². The molecule has 0 atom stereocenters. The smallest absolute Gasteiger partial charge is 0.302 e. The van der Waals surface area contributed by atoms with Gasteiger partial charge in [-0.25, -0.2) is 0 Å². The summed E-state index contributed by atoms with van der Waals surface area (Å²) in [5.41, 5.74) is 1.13. The number of rotatable bonds is 3. The summed E-state index contributed by atoms with van der Waals surface area (Å²) in [6, 6.07) is 3.81. The van der Waals surface area contributed by atoms with Crippen molar-refractivity contribution in [2.45, 2.75) is 27.2 Å². The second-order valence-electron chi connectivity index (χ2n) is 2.45. The van der Waals surface area contributed by atoms with E-state index in [0.717, 1.165) is 12.0 Å². The highest BCUT2D eigenvalue weighted by molar-refractivity contribution is 5.65. The SMILES string of the molecule is CC.CC(=O)OCCc1ccncc1. The van der Waals surface area contributed by atoms with E-state index in [1.54, 1.807) is 12.4 Å². The molecule has 0 aliphatic heterocycles. The van der Waals surface area contributed by atoms with Gasteiger partial charge in [-0.1, -0.05) is 13.8 Å². The van der Waals surface area contributed by atoms with E-state index in [9.17, 15) is 4.79 Å². The Morgan fingerprint density at radius 2 is 1.93 bits per heavy atom. The Hall–Kier alpha value is -1.38. The van der Waals surface area contributed by atoms with E-state index < -0.39 is 0 Å². The van der Waals surface area contributed by atoms with Crippen LogP contribution in [0.1, 0.15) is 26.3 Å². The second kappa shape index (κ2) is 8.23. The molecule has 0 radical (unpaired) electrons. The van der Waals surface area contributed by atoms with Crippen molar-refractivity contribution in [1.82, 2.24) is 4.98 Å². The van der Waals surface area contributed by atoms with Crippen molar-refractivity contribution >= 4 is 5.97 Å². The third-order valence-electron chi connectivity index (χ3n) is 1.45. The lowest BCUT2D eigenvalue weighted by Gasteiger charge is -2.00. The molecule has 0 fully saturated rings. The fourth-order valence-electron chi connectivity index (χ4n) is 0.862. The molecule has 0 saturated carbocycles. The lowest BCUT2D eigenvalue weighted by molar-refractivity contribution is -0.140. The van der Waals surface area contributed by atoms with Crippen molar-refractivity contribution in [1.29, 1.82) is 0 Å². The number of hydrogen-bond donors (Lipinski definition) is 0. The normalized spacial score (nSPS) is 8.50. The van der Waals surface area contributed by atoms with Gasteiger partial charge in [0.05, 0.1) is 6.61 Å². The minimum Gasteiger partial charge on any atom is -0.466 e. The number of esters is 1. The quantitative estimate of drug-likeness (QED) is 0.694. The van der Waals surface area contributed by atoms with E-state index in [1.165, 1.54) is 6.92 Å². The van der Waals surface area contributed by atoms with Crippen molar-refractivity contribution in [2.75, 3.05) is 6.61 Å². The Kier molecular flexibility index (Phi) is 7.42. The maximum atomic E-state index is 10.4. The molecule has 1 rings (SSSR count). The monoisotopic (exact) mass is 195 g/mol. The summed E-state index contributed by atoms with van der Waals surface area (Å²) in [7, 11) is 0. The van der Waals surface area contributed by atoms with Gasteiger partial charge >= 0.3 is 5.97 Å². The van der Waals surface area contributed by atoms with Gasteiger partial charge in [-0.15, -0.1) is 0 Å².